The van der Waals surface area contributed by atoms with Crippen molar-refractivity contribution in [2.45, 2.75) is 45.0 Å². The predicted octanol–water partition coefficient (Wildman–Crippen LogP) is 3.92. The van der Waals surface area contributed by atoms with Crippen LogP contribution in [0.3, 0.4) is 0 Å². The third-order valence-corrected chi connectivity index (χ3v) is 8.22. The zero-order valence-electron chi connectivity index (χ0n) is 12.5. The molecule has 1 aromatic rings. The first-order valence-electron chi connectivity index (χ1n) is 6.56. The fourth-order valence-corrected chi connectivity index (χ4v) is 2.79. The van der Waals surface area contributed by atoms with Crippen LogP contribution < -0.4 is 0 Å². The monoisotopic (exact) mass is 280 g/mol. The van der Waals surface area contributed by atoms with Gasteiger partial charge >= 0.3 is 0 Å². The van der Waals surface area contributed by atoms with E-state index in [1.807, 2.05) is 30.3 Å². The lowest BCUT2D eigenvalue weighted by Gasteiger charge is -2.39. The van der Waals surface area contributed by atoms with Gasteiger partial charge in [-0.25, -0.2) is 0 Å². The van der Waals surface area contributed by atoms with E-state index in [2.05, 4.69) is 33.9 Å². The van der Waals surface area contributed by atoms with E-state index in [-0.39, 0.29) is 17.7 Å². The Balaban J connectivity index is 2.90. The van der Waals surface area contributed by atoms with Crippen LogP contribution in [0, 0.1) is 0 Å². The maximum absolute atomic E-state index is 10.4. The maximum Gasteiger partial charge on any atom is 0.293 e. The number of hydrogen-bond acceptors (Lipinski definition) is 3. The van der Waals surface area contributed by atoms with Gasteiger partial charge in [-0.2, -0.15) is 0 Å². The zero-order valence-corrected chi connectivity index (χ0v) is 13.5. The highest BCUT2D eigenvalue weighted by Gasteiger charge is 2.39. The molecule has 0 N–H and O–H groups in total. The van der Waals surface area contributed by atoms with Crippen LogP contribution >= 0.6 is 0 Å². The molecule has 0 fully saturated rings. The Morgan fingerprint density at radius 1 is 1.21 bits per heavy atom. The second-order valence-electron chi connectivity index (χ2n) is 6.21. The molecule has 1 rings (SSSR count). The van der Waals surface area contributed by atoms with E-state index in [1.165, 1.54) is 0 Å². The highest BCUT2D eigenvalue weighted by atomic mass is 28.4. The minimum Gasteiger partial charge on any atom is -0.465 e. The van der Waals surface area contributed by atoms with Crippen LogP contribution in [0.1, 0.15) is 32.4 Å². The molecule has 0 amide bonds. The van der Waals surface area contributed by atoms with E-state index in [0.717, 1.165) is 5.56 Å². The maximum atomic E-state index is 10.4. The molecule has 3 nitrogen and oxygen atoms in total. The van der Waals surface area contributed by atoms with E-state index >= 15 is 0 Å². The number of ether oxygens (including phenoxy) is 1. The largest absolute Gasteiger partial charge is 0.465 e. The van der Waals surface area contributed by atoms with Crippen molar-refractivity contribution in [1.29, 1.82) is 0 Å². The van der Waals surface area contributed by atoms with E-state index in [1.54, 1.807) is 0 Å². The van der Waals surface area contributed by atoms with Crippen molar-refractivity contribution in [3.8, 4) is 0 Å². The highest BCUT2D eigenvalue weighted by Crippen LogP contribution is 2.39. The summed E-state index contributed by atoms with van der Waals surface area (Å²) in [5, 5.41) is 0.126. The van der Waals surface area contributed by atoms with Gasteiger partial charge in [-0.05, 0) is 23.7 Å². The van der Waals surface area contributed by atoms with Crippen molar-refractivity contribution in [2.24, 2.45) is 0 Å². The van der Waals surface area contributed by atoms with E-state index in [9.17, 15) is 4.79 Å². The summed E-state index contributed by atoms with van der Waals surface area (Å²) in [6.07, 6.45) is -0.188. The van der Waals surface area contributed by atoms with Gasteiger partial charge in [0.05, 0.1) is 0 Å². The van der Waals surface area contributed by atoms with E-state index in [4.69, 9.17) is 9.16 Å². The molecule has 0 aliphatic rings. The quantitative estimate of drug-likeness (QED) is 0.585. The Morgan fingerprint density at radius 3 is 2.26 bits per heavy atom. The fraction of sp³-hybridized carbons (Fsp3) is 0.533. The molecular formula is C15H24O3Si. The van der Waals surface area contributed by atoms with Crippen LogP contribution in [0.15, 0.2) is 30.3 Å². The van der Waals surface area contributed by atoms with Gasteiger partial charge in [0.1, 0.15) is 12.7 Å². The average molecular weight is 280 g/mol. The first kappa shape index (κ1) is 15.9. The molecule has 0 bridgehead atoms. The summed E-state index contributed by atoms with van der Waals surface area (Å²) in [5.74, 6) is 0. The van der Waals surface area contributed by atoms with Gasteiger partial charge in [0.15, 0.2) is 8.32 Å². The molecule has 1 atom stereocenters. The molecule has 0 aromatic heterocycles. The number of carbonyl (C=O) groups is 1. The Hall–Kier alpha value is -1.13. The molecule has 0 heterocycles. The van der Waals surface area contributed by atoms with Gasteiger partial charge in [-0.3, -0.25) is 4.79 Å². The van der Waals surface area contributed by atoms with E-state index < -0.39 is 8.32 Å². The van der Waals surface area contributed by atoms with Gasteiger partial charge in [0, 0.05) is 0 Å². The molecule has 0 saturated heterocycles. The van der Waals surface area contributed by atoms with Gasteiger partial charge in [-0.1, -0.05) is 51.1 Å². The molecule has 0 aliphatic heterocycles. The van der Waals surface area contributed by atoms with Crippen LogP contribution in [0.2, 0.25) is 18.1 Å². The second-order valence-corrected chi connectivity index (χ2v) is 11.0. The zero-order chi connectivity index (χ0) is 14.5. The Bertz CT molecular complexity index is 396. The first-order valence-corrected chi connectivity index (χ1v) is 9.47. The summed E-state index contributed by atoms with van der Waals surface area (Å²) < 4.78 is 11.3. The smallest absolute Gasteiger partial charge is 0.293 e. The Morgan fingerprint density at radius 2 is 1.79 bits per heavy atom. The van der Waals surface area contributed by atoms with Crippen LogP contribution in [0.4, 0.5) is 0 Å². The summed E-state index contributed by atoms with van der Waals surface area (Å²) in [6, 6.07) is 9.92. The summed E-state index contributed by atoms with van der Waals surface area (Å²) in [4.78, 5) is 10.4. The molecule has 4 heteroatoms. The Labute approximate surface area is 117 Å². The van der Waals surface area contributed by atoms with Crippen molar-refractivity contribution >= 4 is 14.8 Å². The molecule has 1 unspecified atom stereocenters. The average Bonchev–Trinajstić information content (AvgIpc) is 2.34. The Kier molecular flexibility index (Phi) is 5.32. The fourth-order valence-electron chi connectivity index (χ4n) is 1.53. The van der Waals surface area contributed by atoms with Crippen molar-refractivity contribution < 1.29 is 14.0 Å². The van der Waals surface area contributed by atoms with Crippen LogP contribution in [-0.4, -0.2) is 21.4 Å². The number of hydrogen-bond donors (Lipinski definition) is 0. The molecule has 0 radical (unpaired) electrons. The SMILES string of the molecule is CC(C)(C)[Si](C)(C)OC(COC=O)c1ccccc1. The first-order chi connectivity index (χ1) is 8.78. The minimum absolute atomic E-state index is 0.126. The van der Waals surface area contributed by atoms with Gasteiger partial charge in [0.2, 0.25) is 0 Å². The van der Waals surface area contributed by atoms with Gasteiger partial charge in [0.25, 0.3) is 6.47 Å². The molecule has 0 saturated carbocycles. The highest BCUT2D eigenvalue weighted by molar-refractivity contribution is 6.74. The van der Waals surface area contributed by atoms with Gasteiger partial charge in [-0.15, -0.1) is 0 Å². The third kappa shape index (κ3) is 4.47. The second kappa shape index (κ2) is 6.35. The van der Waals surface area contributed by atoms with Crippen LogP contribution in [-0.2, 0) is 14.0 Å². The van der Waals surface area contributed by atoms with Crippen molar-refractivity contribution in [3.05, 3.63) is 35.9 Å². The van der Waals surface area contributed by atoms with Crippen LogP contribution in [0.25, 0.3) is 0 Å². The predicted molar refractivity (Wildman–Crippen MR) is 79.5 cm³/mol. The summed E-state index contributed by atoms with van der Waals surface area (Å²) in [6.45, 7) is 11.7. The molecule has 106 valence electrons. The summed E-state index contributed by atoms with van der Waals surface area (Å²) >= 11 is 0. The lowest BCUT2D eigenvalue weighted by atomic mass is 10.1. The molecule has 19 heavy (non-hydrogen) atoms. The van der Waals surface area contributed by atoms with Crippen molar-refractivity contribution in [2.75, 3.05) is 6.61 Å². The van der Waals surface area contributed by atoms with Gasteiger partial charge < -0.3 is 9.16 Å². The van der Waals surface area contributed by atoms with E-state index in [0.29, 0.717) is 6.47 Å². The lowest BCUT2D eigenvalue weighted by molar-refractivity contribution is -0.131. The molecule has 1 aromatic carbocycles. The minimum atomic E-state index is -1.90. The lowest BCUT2D eigenvalue weighted by Crippen LogP contribution is -2.42. The molecular weight excluding hydrogens is 256 g/mol. The number of rotatable bonds is 6. The third-order valence-electron chi connectivity index (χ3n) is 3.73. The van der Waals surface area contributed by atoms with Crippen molar-refractivity contribution in [3.63, 3.8) is 0 Å². The molecule has 0 spiro atoms. The number of carbonyl (C=O) groups excluding carboxylic acids is 1. The standard InChI is InChI=1S/C15H24O3Si/c1-15(2,3)19(4,5)18-14(11-17-12-16)13-9-7-6-8-10-13/h6-10,12,14H,11H2,1-5H3. The summed E-state index contributed by atoms with van der Waals surface area (Å²) in [7, 11) is -1.90. The number of benzene rings is 1. The van der Waals surface area contributed by atoms with Crippen molar-refractivity contribution in [1.82, 2.24) is 0 Å². The summed E-state index contributed by atoms with van der Waals surface area (Å²) in [5.41, 5.74) is 1.05. The molecule has 0 aliphatic carbocycles. The normalized spacial score (nSPS) is 13.9. The topological polar surface area (TPSA) is 35.5 Å². The van der Waals surface area contributed by atoms with Crippen LogP contribution in [0.5, 0.6) is 0 Å².